The molecule has 0 radical (unpaired) electrons. The summed E-state index contributed by atoms with van der Waals surface area (Å²) in [4.78, 5) is 28.2. The van der Waals surface area contributed by atoms with E-state index in [9.17, 15) is 14.7 Å². The van der Waals surface area contributed by atoms with Crippen molar-refractivity contribution in [2.75, 3.05) is 25.1 Å². The Balaban J connectivity index is 1.33. The highest BCUT2D eigenvalue weighted by Crippen LogP contribution is 2.25. The van der Waals surface area contributed by atoms with Gasteiger partial charge in [0.15, 0.2) is 0 Å². The van der Waals surface area contributed by atoms with Gasteiger partial charge in [-0.25, -0.2) is 0 Å². The molecule has 0 aliphatic carbocycles. The number of rotatable bonds is 14. The molecule has 0 bridgehead atoms. The lowest BCUT2D eigenvalue weighted by Gasteiger charge is -2.25. The second-order valence-electron chi connectivity index (χ2n) is 11.3. The number of benzene rings is 4. The Kier molecular flexibility index (Phi) is 10.8. The van der Waals surface area contributed by atoms with Crippen molar-refractivity contribution in [1.29, 1.82) is 0 Å². The van der Waals surface area contributed by atoms with Gasteiger partial charge in [0, 0.05) is 37.3 Å². The van der Waals surface area contributed by atoms with Gasteiger partial charge in [-0.15, -0.1) is 0 Å². The van der Waals surface area contributed by atoms with Gasteiger partial charge in [0.05, 0.1) is 19.3 Å². The number of methoxy groups -OCH3 is 1. The quantitative estimate of drug-likeness (QED) is 0.190. The number of hydrogen-bond acceptors (Lipinski definition) is 5. The molecule has 1 fully saturated rings. The molecule has 1 saturated heterocycles. The molecule has 228 valence electrons. The number of aryl methyl sites for hydroxylation is 2. The van der Waals surface area contributed by atoms with Gasteiger partial charge < -0.3 is 25.4 Å². The molecule has 1 heterocycles. The lowest BCUT2D eigenvalue weighted by molar-refractivity contribution is -0.117. The van der Waals surface area contributed by atoms with Crippen molar-refractivity contribution in [2.45, 2.75) is 50.8 Å². The van der Waals surface area contributed by atoms with Gasteiger partial charge in [-0.05, 0) is 78.3 Å². The standard InChI is InChI=1S/C37H41N3O4/c1-44-33-15-8-14-30(22-33)25-38-26-35(41)34(23-28-12-6-3-7-13-28)39-37(43)31-20-29(18-17-27-10-4-2-5-11-27)21-32(24-31)40-19-9-16-36(40)42/h2-8,10-15,20-22,24,34-35,38,41H,9,16-19,23,25-26H2,1H3,(H,39,43). The highest BCUT2D eigenvalue weighted by molar-refractivity contribution is 5.99. The van der Waals surface area contributed by atoms with Crippen molar-refractivity contribution < 1.29 is 19.4 Å². The molecule has 1 aliphatic heterocycles. The Labute approximate surface area is 259 Å². The number of ether oxygens (including phenoxy) is 1. The molecular weight excluding hydrogens is 550 g/mol. The second-order valence-corrected chi connectivity index (χ2v) is 11.3. The Morgan fingerprint density at radius 2 is 1.57 bits per heavy atom. The first-order chi connectivity index (χ1) is 21.5. The molecule has 4 aromatic rings. The first-order valence-electron chi connectivity index (χ1n) is 15.3. The molecular formula is C37H41N3O4. The Morgan fingerprint density at radius 1 is 0.864 bits per heavy atom. The molecule has 5 rings (SSSR count). The number of nitrogens with one attached hydrogen (secondary N) is 2. The summed E-state index contributed by atoms with van der Waals surface area (Å²) in [6.07, 6.45) is 2.52. The zero-order chi connectivity index (χ0) is 30.7. The maximum atomic E-state index is 13.8. The van der Waals surface area contributed by atoms with Crippen LogP contribution in [0, 0.1) is 0 Å². The van der Waals surface area contributed by atoms with Crippen LogP contribution in [0.25, 0.3) is 0 Å². The van der Waals surface area contributed by atoms with Crippen molar-refractivity contribution in [1.82, 2.24) is 10.6 Å². The van der Waals surface area contributed by atoms with Crippen LogP contribution in [0.1, 0.15) is 45.5 Å². The van der Waals surface area contributed by atoms with Gasteiger partial charge in [-0.3, -0.25) is 9.59 Å². The minimum atomic E-state index is -0.842. The number of aliphatic hydroxyl groups excluding tert-OH is 1. The highest BCUT2D eigenvalue weighted by atomic mass is 16.5. The van der Waals surface area contributed by atoms with Crippen LogP contribution in [0.4, 0.5) is 5.69 Å². The van der Waals surface area contributed by atoms with Crippen LogP contribution in [-0.2, 0) is 30.6 Å². The average Bonchev–Trinajstić information content (AvgIpc) is 3.50. The Bertz CT molecular complexity index is 1530. The third kappa shape index (κ3) is 8.56. The van der Waals surface area contributed by atoms with E-state index >= 15 is 0 Å². The predicted molar refractivity (Wildman–Crippen MR) is 174 cm³/mol. The van der Waals surface area contributed by atoms with Gasteiger partial charge in [0.1, 0.15) is 5.75 Å². The summed E-state index contributed by atoms with van der Waals surface area (Å²) >= 11 is 0. The van der Waals surface area contributed by atoms with Gasteiger partial charge in [-0.2, -0.15) is 0 Å². The molecule has 44 heavy (non-hydrogen) atoms. The van der Waals surface area contributed by atoms with Crippen LogP contribution in [0.15, 0.2) is 103 Å². The fourth-order valence-corrected chi connectivity index (χ4v) is 5.65. The van der Waals surface area contributed by atoms with Crippen molar-refractivity contribution in [2.24, 2.45) is 0 Å². The fraction of sp³-hybridized carbons (Fsp3) is 0.297. The number of carbonyl (C=O) groups excluding carboxylic acids is 2. The van der Waals surface area contributed by atoms with E-state index < -0.39 is 12.1 Å². The van der Waals surface area contributed by atoms with Gasteiger partial charge >= 0.3 is 0 Å². The van der Waals surface area contributed by atoms with E-state index in [0.29, 0.717) is 38.0 Å². The molecule has 7 heteroatoms. The third-order valence-electron chi connectivity index (χ3n) is 8.07. The summed E-state index contributed by atoms with van der Waals surface area (Å²) < 4.78 is 5.32. The van der Waals surface area contributed by atoms with Crippen LogP contribution in [0.3, 0.4) is 0 Å². The number of carbonyl (C=O) groups is 2. The topological polar surface area (TPSA) is 90.9 Å². The molecule has 3 N–H and O–H groups in total. The minimum absolute atomic E-state index is 0.0797. The van der Waals surface area contributed by atoms with Crippen molar-refractivity contribution >= 4 is 17.5 Å². The SMILES string of the molecule is COc1cccc(CNCC(O)C(Cc2ccccc2)NC(=O)c2cc(CCc3ccccc3)cc(N3CCCC3=O)c2)c1. The van der Waals surface area contributed by atoms with Crippen LogP contribution >= 0.6 is 0 Å². The molecule has 0 saturated carbocycles. The molecule has 1 aliphatic rings. The molecule has 7 nitrogen and oxygen atoms in total. The van der Waals surface area contributed by atoms with E-state index in [1.54, 1.807) is 18.1 Å². The maximum Gasteiger partial charge on any atom is 0.251 e. The predicted octanol–water partition coefficient (Wildman–Crippen LogP) is 5.10. The summed E-state index contributed by atoms with van der Waals surface area (Å²) in [6, 6.07) is 33.1. The Hall–Kier alpha value is -4.46. The van der Waals surface area contributed by atoms with Crippen LogP contribution in [0.2, 0.25) is 0 Å². The van der Waals surface area contributed by atoms with E-state index in [4.69, 9.17) is 4.74 Å². The normalized spacial score (nSPS) is 14.3. The number of amides is 2. The molecule has 0 aromatic heterocycles. The largest absolute Gasteiger partial charge is 0.497 e. The first kappa shape index (κ1) is 31.0. The second kappa shape index (κ2) is 15.3. The third-order valence-corrected chi connectivity index (χ3v) is 8.07. The van der Waals surface area contributed by atoms with Crippen LogP contribution in [-0.4, -0.2) is 49.3 Å². The van der Waals surface area contributed by atoms with Gasteiger partial charge in [0.25, 0.3) is 5.91 Å². The summed E-state index contributed by atoms with van der Waals surface area (Å²) in [7, 11) is 1.64. The molecule has 2 unspecified atom stereocenters. The van der Waals surface area contributed by atoms with Crippen molar-refractivity contribution in [3.8, 4) is 5.75 Å². The smallest absolute Gasteiger partial charge is 0.251 e. The lowest BCUT2D eigenvalue weighted by atomic mass is 9.98. The average molecular weight is 592 g/mol. The summed E-state index contributed by atoms with van der Waals surface area (Å²) in [5, 5.41) is 17.8. The summed E-state index contributed by atoms with van der Waals surface area (Å²) in [5.41, 5.74) is 5.51. The highest BCUT2D eigenvalue weighted by Gasteiger charge is 2.26. The summed E-state index contributed by atoms with van der Waals surface area (Å²) in [5.74, 6) is 0.586. The lowest BCUT2D eigenvalue weighted by Crippen LogP contribution is -2.48. The van der Waals surface area contributed by atoms with Gasteiger partial charge in [-0.1, -0.05) is 72.8 Å². The van der Waals surface area contributed by atoms with Crippen LogP contribution in [0.5, 0.6) is 5.75 Å². The molecule has 0 spiro atoms. The van der Waals surface area contributed by atoms with E-state index in [0.717, 1.165) is 47.4 Å². The number of hydrogen-bond donors (Lipinski definition) is 3. The zero-order valence-electron chi connectivity index (χ0n) is 25.2. The maximum absolute atomic E-state index is 13.8. The monoisotopic (exact) mass is 591 g/mol. The number of nitrogens with zero attached hydrogens (tertiary/aromatic N) is 1. The van der Waals surface area contributed by atoms with E-state index in [1.165, 1.54) is 5.56 Å². The zero-order valence-corrected chi connectivity index (χ0v) is 25.2. The summed E-state index contributed by atoms with van der Waals surface area (Å²) in [6.45, 7) is 1.49. The number of aliphatic hydroxyl groups is 1. The molecule has 2 amide bonds. The first-order valence-corrected chi connectivity index (χ1v) is 15.3. The minimum Gasteiger partial charge on any atom is -0.497 e. The fourth-order valence-electron chi connectivity index (χ4n) is 5.65. The number of anilines is 1. The van der Waals surface area contributed by atoms with Crippen LogP contribution < -0.4 is 20.3 Å². The van der Waals surface area contributed by atoms with Crippen molar-refractivity contribution in [3.05, 3.63) is 131 Å². The Morgan fingerprint density at radius 3 is 2.27 bits per heavy atom. The molecule has 2 atom stereocenters. The van der Waals surface area contributed by atoms with Gasteiger partial charge in [0.2, 0.25) is 5.91 Å². The van der Waals surface area contributed by atoms with E-state index in [-0.39, 0.29) is 11.8 Å². The molecule has 4 aromatic carbocycles. The van der Waals surface area contributed by atoms with E-state index in [1.807, 2.05) is 84.9 Å². The van der Waals surface area contributed by atoms with Crippen molar-refractivity contribution in [3.63, 3.8) is 0 Å². The van der Waals surface area contributed by atoms with E-state index in [2.05, 4.69) is 22.8 Å².